The Morgan fingerprint density at radius 1 is 1.42 bits per heavy atom. The predicted octanol–water partition coefficient (Wildman–Crippen LogP) is 2.09. The number of hydrogen-bond acceptors (Lipinski definition) is 4. The summed E-state index contributed by atoms with van der Waals surface area (Å²) in [5.74, 6) is -0.217. The maximum atomic E-state index is 12.7. The zero-order valence-electron chi connectivity index (χ0n) is 9.94. The molecule has 1 aliphatic rings. The first-order valence-electron chi connectivity index (χ1n) is 5.78. The fraction of sp³-hybridized carbons (Fsp3) is 0.545. The van der Waals surface area contributed by atoms with Gasteiger partial charge in [0.2, 0.25) is 0 Å². The third kappa shape index (κ3) is 3.17. The van der Waals surface area contributed by atoms with E-state index >= 15 is 0 Å². The van der Waals surface area contributed by atoms with Crippen LogP contribution in [0.5, 0.6) is 0 Å². The highest BCUT2D eigenvalue weighted by Gasteiger charge is 2.35. The molecule has 8 heteroatoms. The van der Waals surface area contributed by atoms with Gasteiger partial charge in [0.1, 0.15) is 5.82 Å². The lowest BCUT2D eigenvalue weighted by molar-refractivity contribution is -0.137. The molecule has 2 heterocycles. The largest absolute Gasteiger partial charge is 0.419 e. The van der Waals surface area contributed by atoms with Crippen molar-refractivity contribution in [3.8, 4) is 0 Å². The number of rotatable bonds is 3. The molecule has 0 amide bonds. The summed E-state index contributed by atoms with van der Waals surface area (Å²) in [7, 11) is -3.18. The van der Waals surface area contributed by atoms with Crippen LogP contribution >= 0.6 is 0 Å². The quantitative estimate of drug-likeness (QED) is 0.927. The Balaban J connectivity index is 2.12. The van der Waals surface area contributed by atoms with Crippen molar-refractivity contribution < 1.29 is 21.6 Å². The van der Waals surface area contributed by atoms with E-state index in [0.717, 1.165) is 6.07 Å². The van der Waals surface area contributed by atoms with Gasteiger partial charge in [-0.15, -0.1) is 0 Å². The highest BCUT2D eigenvalue weighted by atomic mass is 32.2. The smallest absolute Gasteiger partial charge is 0.368 e. The first kappa shape index (κ1) is 14.1. The van der Waals surface area contributed by atoms with Gasteiger partial charge in [-0.05, 0) is 25.0 Å². The summed E-state index contributed by atoms with van der Waals surface area (Å²) < 4.78 is 61.3. The Morgan fingerprint density at radius 2 is 2.16 bits per heavy atom. The van der Waals surface area contributed by atoms with E-state index in [-0.39, 0.29) is 18.1 Å². The van der Waals surface area contributed by atoms with Crippen molar-refractivity contribution in [2.75, 3.05) is 17.6 Å². The Hall–Kier alpha value is -1.31. The Labute approximate surface area is 109 Å². The van der Waals surface area contributed by atoms with Crippen molar-refractivity contribution in [2.45, 2.75) is 24.3 Å². The molecule has 1 atom stereocenters. The van der Waals surface area contributed by atoms with E-state index < -0.39 is 26.8 Å². The van der Waals surface area contributed by atoms with Crippen LogP contribution in [0.25, 0.3) is 0 Å². The van der Waals surface area contributed by atoms with E-state index in [1.54, 1.807) is 0 Å². The number of aromatic nitrogens is 1. The van der Waals surface area contributed by atoms with Crippen LogP contribution in [0.2, 0.25) is 0 Å². The molecular formula is C11H13F3N2O2S. The zero-order chi connectivity index (χ0) is 14.1. The molecular weight excluding hydrogens is 281 g/mol. The maximum Gasteiger partial charge on any atom is 0.419 e. The Kier molecular flexibility index (Phi) is 3.71. The molecule has 2 rings (SSSR count). The highest BCUT2D eigenvalue weighted by molar-refractivity contribution is 7.92. The van der Waals surface area contributed by atoms with Crippen LogP contribution in [-0.2, 0) is 16.0 Å². The molecule has 1 aromatic rings. The molecule has 1 aromatic heterocycles. The molecule has 4 nitrogen and oxygen atoms in total. The Bertz CT molecular complexity index is 557. The molecule has 0 aliphatic carbocycles. The minimum atomic E-state index is -4.51. The van der Waals surface area contributed by atoms with Gasteiger partial charge in [0.25, 0.3) is 0 Å². The second-order valence-electron chi connectivity index (χ2n) is 4.41. The molecule has 106 valence electrons. The third-order valence-electron chi connectivity index (χ3n) is 3.07. The van der Waals surface area contributed by atoms with Gasteiger partial charge in [0, 0.05) is 12.7 Å². The summed E-state index contributed by atoms with van der Waals surface area (Å²) in [4.78, 5) is 3.63. The number of nitrogens with zero attached hydrogens (tertiary/aromatic N) is 1. The molecule has 0 radical (unpaired) electrons. The van der Waals surface area contributed by atoms with Crippen LogP contribution in [0.15, 0.2) is 18.3 Å². The van der Waals surface area contributed by atoms with E-state index in [9.17, 15) is 21.6 Å². The van der Waals surface area contributed by atoms with Crippen molar-refractivity contribution in [1.29, 1.82) is 0 Å². The minimum absolute atomic E-state index is 0.0393. The summed E-state index contributed by atoms with van der Waals surface area (Å²) in [5.41, 5.74) is -0.884. The summed E-state index contributed by atoms with van der Waals surface area (Å²) in [6.45, 7) is -0.0393. The molecule has 19 heavy (non-hydrogen) atoms. The van der Waals surface area contributed by atoms with Crippen molar-refractivity contribution in [2.24, 2.45) is 0 Å². The van der Waals surface area contributed by atoms with E-state index in [0.29, 0.717) is 12.8 Å². The van der Waals surface area contributed by atoms with Gasteiger partial charge in [-0.1, -0.05) is 0 Å². The topological polar surface area (TPSA) is 59.1 Å². The number of anilines is 1. The standard InChI is InChI=1S/C11H13F3N2O2S/c12-11(13,14)9-4-1-5-15-10(9)16-7-8-3-2-6-19(8,17)18/h1,4-5,8H,2-3,6-7H2,(H,15,16)/t8-/m0/s1. The van der Waals surface area contributed by atoms with Crippen LogP contribution in [0.1, 0.15) is 18.4 Å². The monoisotopic (exact) mass is 294 g/mol. The molecule has 0 bridgehead atoms. The second kappa shape index (κ2) is 4.99. The van der Waals surface area contributed by atoms with Gasteiger partial charge in [-0.2, -0.15) is 13.2 Å². The highest BCUT2D eigenvalue weighted by Crippen LogP contribution is 2.33. The van der Waals surface area contributed by atoms with Crippen LogP contribution in [0.4, 0.5) is 19.0 Å². The van der Waals surface area contributed by atoms with Gasteiger partial charge in [0.05, 0.1) is 16.6 Å². The molecule has 0 saturated carbocycles. The molecule has 1 aliphatic heterocycles. The first-order valence-corrected chi connectivity index (χ1v) is 7.50. The summed E-state index contributed by atoms with van der Waals surface area (Å²) in [6.07, 6.45) is -2.24. The Morgan fingerprint density at radius 3 is 2.74 bits per heavy atom. The number of sulfone groups is 1. The van der Waals surface area contributed by atoms with Crippen LogP contribution in [0.3, 0.4) is 0 Å². The lowest BCUT2D eigenvalue weighted by Gasteiger charge is -2.15. The third-order valence-corrected chi connectivity index (χ3v) is 5.35. The number of hydrogen-bond donors (Lipinski definition) is 1. The lowest BCUT2D eigenvalue weighted by atomic mass is 10.2. The molecule has 1 N–H and O–H groups in total. The number of halogens is 3. The summed E-state index contributed by atoms with van der Waals surface area (Å²) in [5, 5.41) is 1.88. The average Bonchev–Trinajstić information content (AvgIpc) is 2.65. The van der Waals surface area contributed by atoms with Gasteiger partial charge in [-0.3, -0.25) is 0 Å². The van der Waals surface area contributed by atoms with Crippen LogP contribution in [-0.4, -0.2) is 30.9 Å². The van der Waals surface area contributed by atoms with E-state index in [2.05, 4.69) is 10.3 Å². The molecule has 0 aromatic carbocycles. The van der Waals surface area contributed by atoms with Crippen molar-refractivity contribution in [3.05, 3.63) is 23.9 Å². The minimum Gasteiger partial charge on any atom is -0.368 e. The number of pyridine rings is 1. The maximum absolute atomic E-state index is 12.7. The van der Waals surface area contributed by atoms with Crippen LogP contribution in [0, 0.1) is 0 Å². The van der Waals surface area contributed by atoms with Crippen molar-refractivity contribution in [3.63, 3.8) is 0 Å². The molecule has 0 unspecified atom stereocenters. The number of nitrogens with one attached hydrogen (secondary N) is 1. The molecule has 1 fully saturated rings. The van der Waals surface area contributed by atoms with E-state index in [1.807, 2.05) is 0 Å². The zero-order valence-corrected chi connectivity index (χ0v) is 10.8. The summed E-state index contributed by atoms with van der Waals surface area (Å²) in [6, 6.07) is 2.11. The first-order chi connectivity index (χ1) is 8.81. The van der Waals surface area contributed by atoms with E-state index in [1.165, 1.54) is 12.3 Å². The summed E-state index contributed by atoms with van der Waals surface area (Å²) >= 11 is 0. The van der Waals surface area contributed by atoms with Crippen molar-refractivity contribution >= 4 is 15.7 Å². The average molecular weight is 294 g/mol. The molecule has 0 spiro atoms. The normalized spacial score (nSPS) is 22.4. The fourth-order valence-corrected chi connectivity index (χ4v) is 3.84. The van der Waals surface area contributed by atoms with Crippen LogP contribution < -0.4 is 5.32 Å². The van der Waals surface area contributed by atoms with Crippen molar-refractivity contribution in [1.82, 2.24) is 4.98 Å². The lowest BCUT2D eigenvalue weighted by Crippen LogP contribution is -2.26. The van der Waals surface area contributed by atoms with Gasteiger partial charge < -0.3 is 5.32 Å². The number of alkyl halides is 3. The van der Waals surface area contributed by atoms with Gasteiger partial charge in [0.15, 0.2) is 9.84 Å². The fourth-order valence-electron chi connectivity index (χ4n) is 2.07. The predicted molar refractivity (Wildman–Crippen MR) is 64.5 cm³/mol. The second-order valence-corrected chi connectivity index (χ2v) is 6.81. The molecule has 1 saturated heterocycles. The van der Waals surface area contributed by atoms with E-state index in [4.69, 9.17) is 0 Å². The van der Waals surface area contributed by atoms with Gasteiger partial charge in [-0.25, -0.2) is 13.4 Å². The SMILES string of the molecule is O=S1(=O)CCC[C@H]1CNc1ncccc1C(F)(F)F. The van der Waals surface area contributed by atoms with Gasteiger partial charge >= 0.3 is 6.18 Å².